The number of nitrogens with one attached hydrogen (secondary N) is 1. The molecule has 1 rings (SSSR count). The Morgan fingerprint density at radius 2 is 1.94 bits per heavy atom. The Kier molecular flexibility index (Phi) is 5.13. The van der Waals surface area contributed by atoms with E-state index < -0.39 is 23.9 Å². The number of nitrogens with two attached hydrogens (primary N) is 1. The summed E-state index contributed by atoms with van der Waals surface area (Å²) in [4.78, 5) is 0. The zero-order chi connectivity index (χ0) is 13.8. The molecule has 0 aliphatic carbocycles. The standard InChI is InChI=1S/C12H17F3N2O/c1-3-18-8(2)11(17-16)9-6-4-5-7-10(9)12(13,14)15/h4-8,11,17H,3,16H2,1-2H3. The lowest BCUT2D eigenvalue weighted by molar-refractivity contribution is -0.138. The monoisotopic (exact) mass is 262 g/mol. The highest BCUT2D eigenvalue weighted by Crippen LogP contribution is 2.35. The van der Waals surface area contributed by atoms with Crippen LogP contribution >= 0.6 is 0 Å². The van der Waals surface area contributed by atoms with Gasteiger partial charge in [0, 0.05) is 6.61 Å². The normalized spacial score (nSPS) is 15.4. The number of hydrazine groups is 1. The van der Waals surface area contributed by atoms with Crippen LogP contribution in [0, 0.1) is 0 Å². The summed E-state index contributed by atoms with van der Waals surface area (Å²) in [6.45, 7) is 3.87. The van der Waals surface area contributed by atoms with Crippen LogP contribution in [0.5, 0.6) is 0 Å². The Morgan fingerprint density at radius 3 is 2.44 bits per heavy atom. The fraction of sp³-hybridized carbons (Fsp3) is 0.500. The summed E-state index contributed by atoms with van der Waals surface area (Å²) < 4.78 is 44.0. The molecular formula is C12H17F3N2O. The number of rotatable bonds is 5. The molecule has 0 heterocycles. The average Bonchev–Trinajstić information content (AvgIpc) is 2.29. The second-order valence-corrected chi connectivity index (χ2v) is 3.89. The number of benzene rings is 1. The molecule has 0 amide bonds. The van der Waals surface area contributed by atoms with E-state index in [0.29, 0.717) is 6.61 Å². The highest BCUT2D eigenvalue weighted by molar-refractivity contribution is 5.33. The van der Waals surface area contributed by atoms with Crippen LogP contribution in [0.3, 0.4) is 0 Å². The Balaban J connectivity index is 3.13. The van der Waals surface area contributed by atoms with Crippen LogP contribution in [0.25, 0.3) is 0 Å². The maximum Gasteiger partial charge on any atom is 0.416 e. The molecule has 1 aromatic carbocycles. The molecule has 0 saturated heterocycles. The Morgan fingerprint density at radius 1 is 1.33 bits per heavy atom. The molecule has 18 heavy (non-hydrogen) atoms. The van der Waals surface area contributed by atoms with Gasteiger partial charge in [0.25, 0.3) is 0 Å². The van der Waals surface area contributed by atoms with Gasteiger partial charge in [0.1, 0.15) is 0 Å². The molecule has 0 aliphatic rings. The third-order valence-corrected chi connectivity index (χ3v) is 2.68. The minimum atomic E-state index is -4.41. The fourth-order valence-electron chi connectivity index (χ4n) is 1.86. The van der Waals surface area contributed by atoms with E-state index in [9.17, 15) is 13.2 Å². The lowest BCUT2D eigenvalue weighted by atomic mass is 9.97. The molecule has 3 N–H and O–H groups in total. The SMILES string of the molecule is CCOC(C)C(NN)c1ccccc1C(F)(F)F. The van der Waals surface area contributed by atoms with Gasteiger partial charge in [-0.1, -0.05) is 18.2 Å². The van der Waals surface area contributed by atoms with E-state index in [1.165, 1.54) is 12.1 Å². The largest absolute Gasteiger partial charge is 0.416 e. The summed E-state index contributed by atoms with van der Waals surface area (Å²) in [6, 6.07) is 4.64. The van der Waals surface area contributed by atoms with Crippen molar-refractivity contribution >= 4 is 0 Å². The van der Waals surface area contributed by atoms with E-state index in [1.807, 2.05) is 0 Å². The topological polar surface area (TPSA) is 47.3 Å². The van der Waals surface area contributed by atoms with Crippen molar-refractivity contribution < 1.29 is 17.9 Å². The zero-order valence-electron chi connectivity index (χ0n) is 10.3. The van der Waals surface area contributed by atoms with Crippen LogP contribution in [0.15, 0.2) is 24.3 Å². The molecule has 3 nitrogen and oxygen atoms in total. The third kappa shape index (κ3) is 3.44. The first-order chi connectivity index (χ1) is 8.41. The van der Waals surface area contributed by atoms with E-state index in [-0.39, 0.29) is 5.56 Å². The van der Waals surface area contributed by atoms with Gasteiger partial charge in [0.05, 0.1) is 17.7 Å². The van der Waals surface area contributed by atoms with Crippen LogP contribution in [-0.2, 0) is 10.9 Å². The number of hydrogen-bond acceptors (Lipinski definition) is 3. The number of ether oxygens (including phenoxy) is 1. The molecule has 2 atom stereocenters. The van der Waals surface area contributed by atoms with Gasteiger partial charge < -0.3 is 4.74 Å². The van der Waals surface area contributed by atoms with Crippen LogP contribution in [0.4, 0.5) is 13.2 Å². The van der Waals surface area contributed by atoms with Crippen LogP contribution < -0.4 is 11.3 Å². The number of halogens is 3. The average molecular weight is 262 g/mol. The molecule has 0 bridgehead atoms. The molecule has 1 aromatic rings. The molecule has 0 saturated carbocycles. The lowest BCUT2D eigenvalue weighted by Gasteiger charge is -2.26. The second-order valence-electron chi connectivity index (χ2n) is 3.89. The molecule has 102 valence electrons. The minimum absolute atomic E-state index is 0.0912. The van der Waals surface area contributed by atoms with Crippen molar-refractivity contribution in [1.82, 2.24) is 5.43 Å². The van der Waals surface area contributed by atoms with E-state index in [1.54, 1.807) is 19.9 Å². The highest BCUT2D eigenvalue weighted by atomic mass is 19.4. The Bertz CT molecular complexity index is 382. The van der Waals surface area contributed by atoms with Gasteiger partial charge in [0.15, 0.2) is 0 Å². The van der Waals surface area contributed by atoms with E-state index >= 15 is 0 Å². The fourth-order valence-corrected chi connectivity index (χ4v) is 1.86. The van der Waals surface area contributed by atoms with E-state index in [2.05, 4.69) is 5.43 Å². The Labute approximate surface area is 104 Å². The molecule has 2 unspecified atom stereocenters. The molecule has 0 aliphatic heterocycles. The van der Waals surface area contributed by atoms with Crippen molar-refractivity contribution in [3.8, 4) is 0 Å². The van der Waals surface area contributed by atoms with Crippen molar-refractivity contribution in [2.45, 2.75) is 32.2 Å². The summed E-state index contributed by atoms with van der Waals surface area (Å²) in [5.74, 6) is 5.35. The smallest absolute Gasteiger partial charge is 0.377 e. The Hall–Kier alpha value is -1.11. The van der Waals surface area contributed by atoms with Gasteiger partial charge >= 0.3 is 6.18 Å². The first kappa shape index (κ1) is 14.9. The van der Waals surface area contributed by atoms with Crippen molar-refractivity contribution in [3.63, 3.8) is 0 Å². The minimum Gasteiger partial charge on any atom is -0.377 e. The lowest BCUT2D eigenvalue weighted by Crippen LogP contribution is -2.37. The first-order valence-electron chi connectivity index (χ1n) is 5.65. The maximum absolute atomic E-state index is 12.9. The molecular weight excluding hydrogens is 245 g/mol. The van der Waals surface area contributed by atoms with Crippen LogP contribution in [0.1, 0.15) is 31.0 Å². The first-order valence-corrected chi connectivity index (χ1v) is 5.65. The third-order valence-electron chi connectivity index (χ3n) is 2.68. The summed E-state index contributed by atoms with van der Waals surface area (Å²) >= 11 is 0. The predicted molar refractivity (Wildman–Crippen MR) is 62.6 cm³/mol. The highest BCUT2D eigenvalue weighted by Gasteiger charge is 2.36. The number of hydrogen-bond donors (Lipinski definition) is 2. The quantitative estimate of drug-likeness (QED) is 0.633. The summed E-state index contributed by atoms with van der Waals surface area (Å²) in [5.41, 5.74) is 1.79. The molecule has 6 heteroatoms. The van der Waals surface area contributed by atoms with Gasteiger partial charge in [-0.25, -0.2) is 0 Å². The second kappa shape index (κ2) is 6.17. The van der Waals surface area contributed by atoms with Crippen molar-refractivity contribution in [1.29, 1.82) is 0 Å². The molecule has 0 spiro atoms. The molecule has 0 fully saturated rings. The van der Waals surface area contributed by atoms with Crippen LogP contribution in [0.2, 0.25) is 0 Å². The van der Waals surface area contributed by atoms with Gasteiger partial charge in [0.2, 0.25) is 0 Å². The van der Waals surface area contributed by atoms with Gasteiger partial charge in [-0.05, 0) is 25.5 Å². The predicted octanol–water partition coefficient (Wildman–Crippen LogP) is 2.63. The summed E-state index contributed by atoms with van der Waals surface area (Å²) in [7, 11) is 0. The summed E-state index contributed by atoms with van der Waals surface area (Å²) in [6.07, 6.45) is -4.86. The van der Waals surface area contributed by atoms with E-state index in [0.717, 1.165) is 6.07 Å². The van der Waals surface area contributed by atoms with Crippen molar-refractivity contribution in [2.24, 2.45) is 5.84 Å². The van der Waals surface area contributed by atoms with Crippen molar-refractivity contribution in [3.05, 3.63) is 35.4 Å². The van der Waals surface area contributed by atoms with E-state index in [4.69, 9.17) is 10.6 Å². The summed E-state index contributed by atoms with van der Waals surface area (Å²) in [5, 5.41) is 0. The zero-order valence-corrected chi connectivity index (χ0v) is 10.3. The van der Waals surface area contributed by atoms with Gasteiger partial charge in [-0.3, -0.25) is 11.3 Å². The maximum atomic E-state index is 12.9. The van der Waals surface area contributed by atoms with Gasteiger partial charge in [-0.2, -0.15) is 13.2 Å². The van der Waals surface area contributed by atoms with Crippen LogP contribution in [-0.4, -0.2) is 12.7 Å². The van der Waals surface area contributed by atoms with Crippen molar-refractivity contribution in [2.75, 3.05) is 6.61 Å². The number of alkyl halides is 3. The van der Waals surface area contributed by atoms with Gasteiger partial charge in [-0.15, -0.1) is 0 Å². The molecule has 0 radical (unpaired) electrons. The molecule has 0 aromatic heterocycles.